The minimum Gasteiger partial charge on any atom is -0.462 e. The first-order valence-corrected chi connectivity index (χ1v) is 11.5. The van der Waals surface area contributed by atoms with Gasteiger partial charge >= 0.3 is 5.97 Å². The molecule has 0 amide bonds. The number of sulfonamides is 1. The maximum absolute atomic E-state index is 13.0. The second-order valence-electron chi connectivity index (χ2n) is 6.82. The summed E-state index contributed by atoms with van der Waals surface area (Å²) in [6, 6.07) is 9.39. The van der Waals surface area contributed by atoms with E-state index in [2.05, 4.69) is 4.98 Å². The summed E-state index contributed by atoms with van der Waals surface area (Å²) in [5, 5.41) is 2.49. The first-order valence-electron chi connectivity index (χ1n) is 9.18. The average molecular weight is 433 g/mol. The summed E-state index contributed by atoms with van der Waals surface area (Å²) >= 11 is 1.39. The van der Waals surface area contributed by atoms with Gasteiger partial charge in [-0.25, -0.2) is 13.4 Å². The lowest BCUT2D eigenvalue weighted by molar-refractivity contribution is -0.148. The number of aromatic nitrogens is 1. The molecule has 9 heteroatoms. The molecule has 0 saturated carbocycles. The van der Waals surface area contributed by atoms with Gasteiger partial charge < -0.3 is 9.15 Å². The highest BCUT2D eigenvalue weighted by molar-refractivity contribution is 7.89. The van der Waals surface area contributed by atoms with Crippen molar-refractivity contribution in [1.29, 1.82) is 0 Å². The molecule has 0 aliphatic carbocycles. The minimum absolute atomic E-state index is 0.00897. The lowest BCUT2D eigenvalue weighted by Gasteiger charge is -2.22. The second-order valence-corrected chi connectivity index (χ2v) is 9.56. The predicted molar refractivity (Wildman–Crippen MR) is 108 cm³/mol. The van der Waals surface area contributed by atoms with E-state index in [4.69, 9.17) is 9.15 Å². The van der Waals surface area contributed by atoms with Crippen LogP contribution in [0.1, 0.15) is 24.1 Å². The van der Waals surface area contributed by atoms with Crippen LogP contribution >= 0.6 is 11.3 Å². The van der Waals surface area contributed by atoms with Crippen molar-refractivity contribution in [1.82, 2.24) is 9.29 Å². The molecule has 3 aromatic rings. The van der Waals surface area contributed by atoms with Gasteiger partial charge in [-0.2, -0.15) is 4.31 Å². The number of hydrogen-bond acceptors (Lipinski definition) is 7. The number of carbonyl (C=O) groups excluding carboxylic acids is 1. The van der Waals surface area contributed by atoms with Crippen LogP contribution in [0.15, 0.2) is 57.4 Å². The number of nitrogens with zero attached hydrogens (tertiary/aromatic N) is 2. The summed E-state index contributed by atoms with van der Waals surface area (Å²) in [6.45, 7) is 2.18. The Bertz CT molecular complexity index is 1090. The molecule has 3 heterocycles. The van der Waals surface area contributed by atoms with Crippen LogP contribution < -0.4 is 0 Å². The van der Waals surface area contributed by atoms with Crippen molar-refractivity contribution in [3.8, 4) is 10.8 Å². The predicted octanol–water partition coefficient (Wildman–Crippen LogP) is 3.61. The van der Waals surface area contributed by atoms with Crippen LogP contribution in [0.25, 0.3) is 10.8 Å². The Kier molecular flexibility index (Phi) is 5.53. The van der Waals surface area contributed by atoms with E-state index < -0.39 is 22.0 Å². The molecule has 1 aliphatic heterocycles. The third kappa shape index (κ3) is 4.12. The Morgan fingerprint density at radius 2 is 2.10 bits per heavy atom. The maximum Gasteiger partial charge on any atom is 0.324 e. The SMILES string of the molecule is Cc1ccc(S(=O)(=O)N2CCC[C@H]2C(=O)OCc2csc(-c3ccco3)n2)cc1. The quantitative estimate of drug-likeness (QED) is 0.553. The summed E-state index contributed by atoms with van der Waals surface area (Å²) < 4.78 is 37.9. The normalized spacial score (nSPS) is 17.5. The lowest BCUT2D eigenvalue weighted by atomic mass is 10.2. The number of benzene rings is 1. The van der Waals surface area contributed by atoms with Crippen molar-refractivity contribution in [3.05, 3.63) is 59.3 Å². The van der Waals surface area contributed by atoms with Crippen molar-refractivity contribution in [3.63, 3.8) is 0 Å². The highest BCUT2D eigenvalue weighted by Gasteiger charge is 2.40. The fourth-order valence-corrected chi connectivity index (χ4v) is 5.65. The molecule has 29 heavy (non-hydrogen) atoms. The van der Waals surface area contributed by atoms with E-state index >= 15 is 0 Å². The molecule has 0 unspecified atom stereocenters. The van der Waals surface area contributed by atoms with Gasteiger partial charge in [-0.3, -0.25) is 4.79 Å². The Morgan fingerprint density at radius 1 is 1.31 bits per heavy atom. The van der Waals surface area contributed by atoms with Crippen molar-refractivity contribution in [2.45, 2.75) is 37.3 Å². The number of thiazole rings is 1. The fourth-order valence-electron chi connectivity index (χ4n) is 3.24. The zero-order valence-electron chi connectivity index (χ0n) is 15.8. The lowest BCUT2D eigenvalue weighted by Crippen LogP contribution is -2.41. The van der Waals surface area contributed by atoms with E-state index in [-0.39, 0.29) is 11.5 Å². The largest absolute Gasteiger partial charge is 0.462 e. The summed E-state index contributed by atoms with van der Waals surface area (Å²) in [6.07, 6.45) is 2.63. The molecule has 152 valence electrons. The van der Waals surface area contributed by atoms with E-state index in [0.29, 0.717) is 35.8 Å². The molecule has 0 bridgehead atoms. The molecule has 7 nitrogen and oxygen atoms in total. The Labute approximate surface area is 173 Å². The van der Waals surface area contributed by atoms with Gasteiger partial charge in [0.1, 0.15) is 12.6 Å². The summed E-state index contributed by atoms with van der Waals surface area (Å²) in [5.74, 6) is 0.101. The van der Waals surface area contributed by atoms with Crippen molar-refractivity contribution in [2.24, 2.45) is 0 Å². The topological polar surface area (TPSA) is 89.7 Å². The molecule has 0 spiro atoms. The summed E-state index contributed by atoms with van der Waals surface area (Å²) in [5.41, 5.74) is 1.57. The molecule has 2 aromatic heterocycles. The molecule has 1 aromatic carbocycles. The number of ether oxygens (including phenoxy) is 1. The van der Waals surface area contributed by atoms with Gasteiger partial charge in [0.2, 0.25) is 10.0 Å². The van der Waals surface area contributed by atoms with E-state index in [1.165, 1.54) is 15.6 Å². The minimum atomic E-state index is -3.75. The Balaban J connectivity index is 1.43. The molecule has 1 aliphatic rings. The zero-order chi connectivity index (χ0) is 20.4. The number of aryl methyl sites for hydroxylation is 1. The first kappa shape index (κ1) is 19.8. The second kappa shape index (κ2) is 8.10. The van der Waals surface area contributed by atoms with Crippen LogP contribution in [-0.2, 0) is 26.2 Å². The highest BCUT2D eigenvalue weighted by Crippen LogP contribution is 2.28. The van der Waals surface area contributed by atoms with Gasteiger partial charge in [0.15, 0.2) is 10.8 Å². The van der Waals surface area contributed by atoms with Crippen LogP contribution in [0.5, 0.6) is 0 Å². The fraction of sp³-hybridized carbons (Fsp3) is 0.300. The average Bonchev–Trinajstić information content (AvgIpc) is 3.47. The van der Waals surface area contributed by atoms with Gasteiger partial charge in [-0.15, -0.1) is 11.3 Å². The summed E-state index contributed by atoms with van der Waals surface area (Å²) in [7, 11) is -3.75. The van der Waals surface area contributed by atoms with E-state index in [9.17, 15) is 13.2 Å². The zero-order valence-corrected chi connectivity index (χ0v) is 17.4. The van der Waals surface area contributed by atoms with Crippen LogP contribution in [0.3, 0.4) is 0 Å². The molecular weight excluding hydrogens is 412 g/mol. The molecule has 4 rings (SSSR count). The van der Waals surface area contributed by atoms with Crippen LogP contribution in [0.2, 0.25) is 0 Å². The number of rotatable bonds is 6. The Hall–Kier alpha value is -2.49. The van der Waals surface area contributed by atoms with Crippen LogP contribution in [0.4, 0.5) is 0 Å². The maximum atomic E-state index is 13.0. The van der Waals surface area contributed by atoms with Crippen molar-refractivity contribution in [2.75, 3.05) is 6.54 Å². The number of carbonyl (C=O) groups is 1. The van der Waals surface area contributed by atoms with Crippen molar-refractivity contribution >= 4 is 27.3 Å². The van der Waals surface area contributed by atoms with E-state index in [0.717, 1.165) is 5.56 Å². The number of hydrogen-bond donors (Lipinski definition) is 0. The highest BCUT2D eigenvalue weighted by atomic mass is 32.2. The third-order valence-electron chi connectivity index (χ3n) is 4.75. The van der Waals surface area contributed by atoms with E-state index in [1.807, 2.05) is 6.92 Å². The molecule has 1 fully saturated rings. The summed E-state index contributed by atoms with van der Waals surface area (Å²) in [4.78, 5) is 17.2. The standard InChI is InChI=1S/C20H20N2O5S2/c1-14-6-8-16(9-7-14)29(24,25)22-10-2-4-17(22)20(23)27-12-15-13-28-19(21-15)18-5-3-11-26-18/h3,5-9,11,13,17H,2,4,10,12H2,1H3/t17-/m0/s1. The monoisotopic (exact) mass is 432 g/mol. The first-order chi connectivity index (χ1) is 13.9. The number of esters is 1. The molecular formula is C20H20N2O5S2. The molecule has 0 N–H and O–H groups in total. The van der Waals surface area contributed by atoms with Crippen LogP contribution in [-0.4, -0.2) is 36.3 Å². The van der Waals surface area contributed by atoms with Gasteiger partial charge in [-0.05, 0) is 44.0 Å². The van der Waals surface area contributed by atoms with Gasteiger partial charge in [-0.1, -0.05) is 17.7 Å². The third-order valence-corrected chi connectivity index (χ3v) is 7.58. The van der Waals surface area contributed by atoms with Crippen LogP contribution in [0, 0.1) is 6.92 Å². The molecule has 1 saturated heterocycles. The van der Waals surface area contributed by atoms with Gasteiger partial charge in [0.05, 0.1) is 16.9 Å². The van der Waals surface area contributed by atoms with Gasteiger partial charge in [0.25, 0.3) is 0 Å². The molecule has 0 radical (unpaired) electrons. The van der Waals surface area contributed by atoms with E-state index in [1.54, 1.807) is 48.0 Å². The smallest absolute Gasteiger partial charge is 0.324 e. The van der Waals surface area contributed by atoms with Crippen molar-refractivity contribution < 1.29 is 22.4 Å². The number of furan rings is 1. The molecule has 1 atom stereocenters. The Morgan fingerprint density at radius 3 is 2.83 bits per heavy atom. The van der Waals surface area contributed by atoms with Gasteiger partial charge in [0, 0.05) is 11.9 Å².